The smallest absolute Gasteiger partial charge is 0.123 e. The average Bonchev–Trinajstić information content (AvgIpc) is 2.88. The highest BCUT2D eigenvalue weighted by molar-refractivity contribution is 5.41. The molecule has 5 fully saturated rings. The van der Waals surface area contributed by atoms with E-state index in [9.17, 15) is 5.11 Å². The maximum absolute atomic E-state index is 11.5. The van der Waals surface area contributed by atoms with Crippen molar-refractivity contribution in [2.75, 3.05) is 41.0 Å². The standard InChI is InChI=1S/C24H37NO5/c1-5-25-11-23(12-27-2)7-6-19(29-4)24-15-8-14-16(28-3)9-13(20(15)21(14)26)17(10-18(23)24)30-22(24)25/h10,13-17,19-22,26H,5-9,11-12H2,1-4H3/t13-,14+,15+,16+,17-,19+,20+,21+,22-,23+,24-/m1/s1. The number of aliphatic hydroxyl groups excluding tert-OH is 1. The molecule has 6 nitrogen and oxygen atoms in total. The van der Waals surface area contributed by atoms with Crippen molar-refractivity contribution in [3.8, 4) is 0 Å². The first-order valence-corrected chi connectivity index (χ1v) is 11.9. The lowest BCUT2D eigenvalue weighted by molar-refractivity contribution is -0.251. The van der Waals surface area contributed by atoms with Gasteiger partial charge in [-0.2, -0.15) is 0 Å². The zero-order valence-corrected chi connectivity index (χ0v) is 18.8. The molecular formula is C24H37NO5. The molecule has 1 spiro atoms. The fourth-order valence-electron chi connectivity index (χ4n) is 9.20. The van der Waals surface area contributed by atoms with Crippen LogP contribution >= 0.6 is 0 Å². The molecule has 7 rings (SSSR count). The Bertz CT molecular complexity index is 743. The summed E-state index contributed by atoms with van der Waals surface area (Å²) in [6.45, 7) is 4.96. The highest BCUT2D eigenvalue weighted by atomic mass is 16.5. The molecule has 3 aliphatic heterocycles. The van der Waals surface area contributed by atoms with E-state index in [1.807, 2.05) is 14.2 Å². The largest absolute Gasteiger partial charge is 0.392 e. The van der Waals surface area contributed by atoms with Gasteiger partial charge in [0.1, 0.15) is 6.23 Å². The molecule has 1 N–H and O–H groups in total. The summed E-state index contributed by atoms with van der Waals surface area (Å²) < 4.78 is 25.0. The summed E-state index contributed by atoms with van der Waals surface area (Å²) in [7, 11) is 5.52. The molecule has 30 heavy (non-hydrogen) atoms. The lowest BCUT2D eigenvalue weighted by Gasteiger charge is -2.67. The molecule has 0 aromatic rings. The van der Waals surface area contributed by atoms with E-state index in [0.29, 0.717) is 11.8 Å². The maximum Gasteiger partial charge on any atom is 0.123 e. The monoisotopic (exact) mass is 419 g/mol. The van der Waals surface area contributed by atoms with Gasteiger partial charge in [0.25, 0.3) is 0 Å². The number of hydrogen-bond acceptors (Lipinski definition) is 6. The van der Waals surface area contributed by atoms with Gasteiger partial charge in [-0.1, -0.05) is 13.0 Å². The van der Waals surface area contributed by atoms with Crippen LogP contribution in [0.25, 0.3) is 0 Å². The molecular weight excluding hydrogens is 382 g/mol. The number of fused-ring (bicyclic) bond motifs is 1. The molecule has 3 saturated carbocycles. The number of nitrogens with zero attached hydrogens (tertiary/aromatic N) is 1. The van der Waals surface area contributed by atoms with Crippen molar-refractivity contribution < 1.29 is 24.1 Å². The molecule has 6 heteroatoms. The molecule has 11 atom stereocenters. The van der Waals surface area contributed by atoms with Crippen LogP contribution in [-0.2, 0) is 18.9 Å². The van der Waals surface area contributed by atoms with E-state index in [4.69, 9.17) is 18.9 Å². The molecule has 0 radical (unpaired) electrons. The van der Waals surface area contributed by atoms with E-state index in [-0.39, 0.29) is 53.3 Å². The number of likely N-dealkylation sites (tertiary alicyclic amines) is 1. The fraction of sp³-hybridized carbons (Fsp3) is 0.917. The van der Waals surface area contributed by atoms with Crippen LogP contribution < -0.4 is 0 Å². The van der Waals surface area contributed by atoms with Gasteiger partial charge < -0.3 is 24.1 Å². The number of ether oxygens (including phenoxy) is 4. The van der Waals surface area contributed by atoms with Gasteiger partial charge in [0.05, 0.1) is 36.4 Å². The number of piperidine rings is 1. The summed E-state index contributed by atoms with van der Waals surface area (Å²) in [6, 6.07) is 0. The predicted molar refractivity (Wildman–Crippen MR) is 111 cm³/mol. The van der Waals surface area contributed by atoms with E-state index < -0.39 is 0 Å². The van der Waals surface area contributed by atoms with Gasteiger partial charge in [-0.3, -0.25) is 4.90 Å². The van der Waals surface area contributed by atoms with Crippen molar-refractivity contribution in [1.29, 1.82) is 0 Å². The van der Waals surface area contributed by atoms with Crippen LogP contribution in [0.5, 0.6) is 0 Å². The Kier molecular flexibility index (Phi) is 4.53. The molecule has 0 aromatic heterocycles. The Morgan fingerprint density at radius 2 is 2.03 bits per heavy atom. The zero-order chi connectivity index (χ0) is 20.8. The summed E-state index contributed by atoms with van der Waals surface area (Å²) >= 11 is 0. The second-order valence-corrected chi connectivity index (χ2v) is 10.8. The predicted octanol–water partition coefficient (Wildman–Crippen LogP) is 2.06. The molecule has 4 aliphatic carbocycles. The molecule has 3 heterocycles. The Morgan fingerprint density at radius 3 is 2.73 bits per heavy atom. The van der Waals surface area contributed by atoms with Gasteiger partial charge in [-0.15, -0.1) is 0 Å². The molecule has 0 aromatic carbocycles. The van der Waals surface area contributed by atoms with Gasteiger partial charge in [0.15, 0.2) is 0 Å². The summed E-state index contributed by atoms with van der Waals surface area (Å²) in [5.74, 6) is 1.16. The van der Waals surface area contributed by atoms with Gasteiger partial charge in [0, 0.05) is 39.2 Å². The van der Waals surface area contributed by atoms with Gasteiger partial charge in [0.2, 0.25) is 0 Å². The van der Waals surface area contributed by atoms with Crippen LogP contribution in [0.3, 0.4) is 0 Å². The molecule has 7 aliphatic rings. The Morgan fingerprint density at radius 1 is 1.20 bits per heavy atom. The zero-order valence-electron chi connectivity index (χ0n) is 18.8. The van der Waals surface area contributed by atoms with Crippen LogP contribution in [0.1, 0.15) is 32.6 Å². The first kappa shape index (κ1) is 20.1. The summed E-state index contributed by atoms with van der Waals surface area (Å²) in [4.78, 5) is 2.56. The highest BCUT2D eigenvalue weighted by Crippen LogP contribution is 2.72. The van der Waals surface area contributed by atoms with Crippen LogP contribution in [0.2, 0.25) is 0 Å². The van der Waals surface area contributed by atoms with Gasteiger partial charge >= 0.3 is 0 Å². The first-order chi connectivity index (χ1) is 14.6. The van der Waals surface area contributed by atoms with Gasteiger partial charge in [-0.05, 0) is 55.6 Å². The SMILES string of the molecule is CCN1C[C@]2(COC)CC[C@H](OC)[C@@]34C2=C[C@@H](O[C@@H]13)[C@H]1C[C@H](OC)[C@@H]2C[C@H]4[C@H]1[C@H]2O. The minimum atomic E-state index is -0.307. The van der Waals surface area contributed by atoms with Crippen LogP contribution in [0.4, 0.5) is 0 Å². The second-order valence-electron chi connectivity index (χ2n) is 10.8. The van der Waals surface area contributed by atoms with Crippen molar-refractivity contribution in [1.82, 2.24) is 4.90 Å². The average molecular weight is 420 g/mol. The van der Waals surface area contributed by atoms with E-state index in [1.54, 1.807) is 12.7 Å². The number of methoxy groups -OCH3 is 3. The Hall–Kier alpha value is -0.500. The quantitative estimate of drug-likeness (QED) is 0.689. The highest BCUT2D eigenvalue weighted by Gasteiger charge is 2.75. The lowest BCUT2D eigenvalue weighted by atomic mass is 9.48. The lowest BCUT2D eigenvalue weighted by Crippen LogP contribution is -2.72. The fourth-order valence-corrected chi connectivity index (χ4v) is 9.20. The molecule has 0 amide bonds. The van der Waals surface area contributed by atoms with Crippen LogP contribution in [0.15, 0.2) is 11.6 Å². The van der Waals surface area contributed by atoms with Crippen LogP contribution in [0, 0.1) is 34.5 Å². The van der Waals surface area contributed by atoms with Crippen molar-refractivity contribution in [3.05, 3.63) is 11.6 Å². The summed E-state index contributed by atoms with van der Waals surface area (Å²) in [6.07, 6.45) is 6.59. The Balaban J connectivity index is 1.59. The van der Waals surface area contributed by atoms with E-state index >= 15 is 0 Å². The second kappa shape index (κ2) is 6.75. The maximum atomic E-state index is 11.5. The van der Waals surface area contributed by atoms with E-state index in [1.165, 1.54) is 0 Å². The van der Waals surface area contributed by atoms with Crippen molar-refractivity contribution in [3.63, 3.8) is 0 Å². The number of hydrogen-bond donors (Lipinski definition) is 1. The molecule has 168 valence electrons. The third-order valence-electron chi connectivity index (χ3n) is 10.1. The van der Waals surface area contributed by atoms with Crippen molar-refractivity contribution in [2.24, 2.45) is 34.5 Å². The minimum Gasteiger partial charge on any atom is -0.392 e. The normalized spacial score (nSPS) is 56.0. The van der Waals surface area contributed by atoms with E-state index in [0.717, 1.165) is 45.4 Å². The Labute approximate surface area is 179 Å². The van der Waals surface area contributed by atoms with Crippen molar-refractivity contribution >= 4 is 0 Å². The van der Waals surface area contributed by atoms with Crippen LogP contribution in [-0.4, -0.2) is 81.7 Å². The van der Waals surface area contributed by atoms with E-state index in [2.05, 4.69) is 17.9 Å². The first-order valence-electron chi connectivity index (χ1n) is 11.9. The number of rotatable bonds is 5. The summed E-state index contributed by atoms with van der Waals surface area (Å²) in [5, 5.41) is 11.5. The number of aliphatic hydroxyl groups is 1. The summed E-state index contributed by atoms with van der Waals surface area (Å²) in [5.41, 5.74) is 1.37. The third kappa shape index (κ3) is 2.16. The van der Waals surface area contributed by atoms with Crippen molar-refractivity contribution in [2.45, 2.75) is 63.3 Å². The topological polar surface area (TPSA) is 60.4 Å². The third-order valence-corrected chi connectivity index (χ3v) is 10.1. The van der Waals surface area contributed by atoms with Gasteiger partial charge in [-0.25, -0.2) is 0 Å². The molecule has 2 saturated heterocycles. The minimum absolute atomic E-state index is 0.0284. The molecule has 7 bridgehead atoms. The molecule has 0 unspecified atom stereocenters.